The lowest BCUT2D eigenvalue weighted by Crippen LogP contribution is -2.27. The first-order chi connectivity index (χ1) is 8.63. The second-order valence-electron chi connectivity index (χ2n) is 4.82. The molecule has 1 fully saturated rings. The van der Waals surface area contributed by atoms with Crippen molar-refractivity contribution < 1.29 is 9.90 Å². The number of anilines is 1. The summed E-state index contributed by atoms with van der Waals surface area (Å²) in [5.74, 6) is -0.303. The minimum absolute atomic E-state index is 0.0724. The van der Waals surface area contributed by atoms with Crippen molar-refractivity contribution in [2.24, 2.45) is 11.7 Å². The highest BCUT2D eigenvalue weighted by molar-refractivity contribution is 5.78. The van der Waals surface area contributed by atoms with Crippen LogP contribution < -0.4 is 10.6 Å². The number of hydrogen-bond donors (Lipinski definition) is 2. The van der Waals surface area contributed by atoms with Crippen LogP contribution in [0.15, 0.2) is 24.3 Å². The van der Waals surface area contributed by atoms with Crippen LogP contribution in [0.3, 0.4) is 0 Å². The molecule has 0 spiro atoms. The molecule has 2 rings (SSSR count). The van der Waals surface area contributed by atoms with Gasteiger partial charge in [0.2, 0.25) is 5.91 Å². The van der Waals surface area contributed by atoms with E-state index in [4.69, 9.17) is 5.73 Å². The number of carbonyl (C=O) groups excluding carboxylic acids is 1. The fourth-order valence-electron chi connectivity index (χ4n) is 2.49. The summed E-state index contributed by atoms with van der Waals surface area (Å²) in [5, 5.41) is 10.0. The third-order valence-electron chi connectivity index (χ3n) is 3.61. The first-order valence-electron chi connectivity index (χ1n) is 6.44. The second kappa shape index (κ2) is 5.40. The fraction of sp³-hybridized carbons (Fsp3) is 0.500. The number of nitrogens with zero attached hydrogens (tertiary/aromatic N) is 1. The highest BCUT2D eigenvalue weighted by atomic mass is 16.3. The van der Waals surface area contributed by atoms with Gasteiger partial charge in [0.15, 0.2) is 0 Å². The van der Waals surface area contributed by atoms with E-state index in [1.165, 1.54) is 0 Å². The van der Waals surface area contributed by atoms with Gasteiger partial charge in [-0.2, -0.15) is 0 Å². The number of primary amides is 1. The van der Waals surface area contributed by atoms with Crippen LogP contribution in [0.4, 0.5) is 5.69 Å². The Balaban J connectivity index is 2.21. The normalized spacial score (nSPS) is 21.0. The largest absolute Gasteiger partial charge is 0.388 e. The van der Waals surface area contributed by atoms with Gasteiger partial charge in [-0.1, -0.05) is 25.1 Å². The Kier molecular flexibility index (Phi) is 3.87. The summed E-state index contributed by atoms with van der Waals surface area (Å²) < 4.78 is 0. The van der Waals surface area contributed by atoms with Gasteiger partial charge in [0, 0.05) is 24.3 Å². The molecule has 1 aliphatic heterocycles. The van der Waals surface area contributed by atoms with Crippen LogP contribution >= 0.6 is 0 Å². The van der Waals surface area contributed by atoms with Gasteiger partial charge < -0.3 is 15.7 Å². The van der Waals surface area contributed by atoms with Crippen LogP contribution in [0.25, 0.3) is 0 Å². The maximum atomic E-state index is 11.2. The Hall–Kier alpha value is -1.55. The zero-order valence-electron chi connectivity index (χ0n) is 10.7. The summed E-state index contributed by atoms with van der Waals surface area (Å²) >= 11 is 0. The topological polar surface area (TPSA) is 66.6 Å². The summed E-state index contributed by atoms with van der Waals surface area (Å²) in [7, 11) is 0. The standard InChI is InChI=1S/C14H20N2O2/c1-2-13(17)11-5-3-4-6-12(11)16-8-7-10(9-16)14(15)18/h3-6,10,13,17H,2,7-9H2,1H3,(H2,15,18). The van der Waals surface area contributed by atoms with Gasteiger partial charge in [0.1, 0.15) is 0 Å². The number of rotatable bonds is 4. The highest BCUT2D eigenvalue weighted by Gasteiger charge is 2.28. The fourth-order valence-corrected chi connectivity index (χ4v) is 2.49. The van der Waals surface area contributed by atoms with Crippen molar-refractivity contribution in [3.63, 3.8) is 0 Å². The van der Waals surface area contributed by atoms with Gasteiger partial charge in [0.25, 0.3) is 0 Å². The first-order valence-corrected chi connectivity index (χ1v) is 6.44. The van der Waals surface area contributed by atoms with Crippen molar-refractivity contribution >= 4 is 11.6 Å². The second-order valence-corrected chi connectivity index (χ2v) is 4.82. The van der Waals surface area contributed by atoms with Crippen molar-refractivity contribution in [1.29, 1.82) is 0 Å². The highest BCUT2D eigenvalue weighted by Crippen LogP contribution is 2.31. The molecule has 1 aromatic carbocycles. The Labute approximate surface area is 107 Å². The van der Waals surface area contributed by atoms with Crippen LogP contribution in [-0.4, -0.2) is 24.1 Å². The molecule has 0 radical (unpaired) electrons. The molecular formula is C14H20N2O2. The molecule has 1 aliphatic rings. The van der Waals surface area contributed by atoms with Crippen LogP contribution in [0.1, 0.15) is 31.4 Å². The van der Waals surface area contributed by atoms with Crippen LogP contribution in [0.5, 0.6) is 0 Å². The number of para-hydroxylation sites is 1. The zero-order valence-corrected chi connectivity index (χ0v) is 10.7. The van der Waals surface area contributed by atoms with Crippen molar-refractivity contribution in [2.45, 2.75) is 25.9 Å². The van der Waals surface area contributed by atoms with Crippen molar-refractivity contribution in [3.8, 4) is 0 Å². The van der Waals surface area contributed by atoms with Crippen LogP contribution in [-0.2, 0) is 4.79 Å². The molecule has 1 aromatic rings. The molecule has 18 heavy (non-hydrogen) atoms. The molecule has 4 nitrogen and oxygen atoms in total. The molecule has 0 saturated carbocycles. The molecule has 1 saturated heterocycles. The van der Waals surface area contributed by atoms with Crippen LogP contribution in [0, 0.1) is 5.92 Å². The van der Waals surface area contributed by atoms with E-state index in [0.29, 0.717) is 13.0 Å². The molecule has 1 amide bonds. The predicted octanol–water partition coefficient (Wildman–Crippen LogP) is 1.44. The maximum Gasteiger partial charge on any atom is 0.222 e. The zero-order chi connectivity index (χ0) is 13.1. The van der Waals surface area contributed by atoms with E-state index < -0.39 is 6.10 Å². The van der Waals surface area contributed by atoms with Gasteiger partial charge in [-0.05, 0) is 18.9 Å². The van der Waals surface area contributed by atoms with Gasteiger partial charge >= 0.3 is 0 Å². The minimum Gasteiger partial charge on any atom is -0.388 e. The summed E-state index contributed by atoms with van der Waals surface area (Å²) in [5.41, 5.74) is 7.31. The van der Waals surface area contributed by atoms with Crippen molar-refractivity contribution in [3.05, 3.63) is 29.8 Å². The molecular weight excluding hydrogens is 228 g/mol. The number of benzene rings is 1. The van der Waals surface area contributed by atoms with Crippen molar-refractivity contribution in [2.75, 3.05) is 18.0 Å². The van der Waals surface area contributed by atoms with Crippen LogP contribution in [0.2, 0.25) is 0 Å². The number of amides is 1. The monoisotopic (exact) mass is 248 g/mol. The Morgan fingerprint density at radius 3 is 2.89 bits per heavy atom. The van der Waals surface area contributed by atoms with E-state index in [2.05, 4.69) is 4.90 Å². The lowest BCUT2D eigenvalue weighted by Gasteiger charge is -2.23. The molecule has 2 atom stereocenters. The van der Waals surface area contributed by atoms with Gasteiger partial charge in [-0.3, -0.25) is 4.79 Å². The Bertz CT molecular complexity index is 434. The maximum absolute atomic E-state index is 11.2. The number of nitrogens with two attached hydrogens (primary N) is 1. The predicted molar refractivity (Wildman–Crippen MR) is 71.2 cm³/mol. The number of aliphatic hydroxyl groups is 1. The number of hydrogen-bond acceptors (Lipinski definition) is 3. The molecule has 0 bridgehead atoms. The third-order valence-corrected chi connectivity index (χ3v) is 3.61. The first kappa shape index (κ1) is 12.9. The third kappa shape index (κ3) is 2.48. The van der Waals surface area contributed by atoms with Gasteiger partial charge in [-0.15, -0.1) is 0 Å². The van der Waals surface area contributed by atoms with E-state index in [-0.39, 0.29) is 11.8 Å². The molecule has 2 unspecified atom stereocenters. The van der Waals surface area contributed by atoms with Crippen molar-refractivity contribution in [1.82, 2.24) is 0 Å². The van der Waals surface area contributed by atoms with E-state index in [0.717, 1.165) is 24.2 Å². The summed E-state index contributed by atoms with van der Waals surface area (Å²) in [4.78, 5) is 13.3. The number of carbonyl (C=O) groups is 1. The average molecular weight is 248 g/mol. The lowest BCUT2D eigenvalue weighted by atomic mass is 10.0. The smallest absolute Gasteiger partial charge is 0.222 e. The summed E-state index contributed by atoms with van der Waals surface area (Å²) in [6, 6.07) is 7.83. The summed E-state index contributed by atoms with van der Waals surface area (Å²) in [6.07, 6.45) is 1.03. The van der Waals surface area contributed by atoms with E-state index in [1.54, 1.807) is 0 Å². The van der Waals surface area contributed by atoms with E-state index in [1.807, 2.05) is 31.2 Å². The van der Waals surface area contributed by atoms with E-state index >= 15 is 0 Å². The van der Waals surface area contributed by atoms with Gasteiger partial charge in [-0.25, -0.2) is 0 Å². The Morgan fingerprint density at radius 1 is 1.56 bits per heavy atom. The lowest BCUT2D eigenvalue weighted by molar-refractivity contribution is -0.121. The molecule has 1 heterocycles. The molecule has 3 N–H and O–H groups in total. The SMILES string of the molecule is CCC(O)c1ccccc1N1CCC(C(N)=O)C1. The molecule has 4 heteroatoms. The Morgan fingerprint density at radius 2 is 2.28 bits per heavy atom. The van der Waals surface area contributed by atoms with E-state index in [9.17, 15) is 9.90 Å². The summed E-state index contributed by atoms with van der Waals surface area (Å²) in [6.45, 7) is 3.43. The number of aliphatic hydroxyl groups excluding tert-OH is 1. The molecule has 98 valence electrons. The average Bonchev–Trinajstić information content (AvgIpc) is 2.87. The molecule has 0 aromatic heterocycles. The quantitative estimate of drug-likeness (QED) is 0.847. The minimum atomic E-state index is -0.450. The molecule has 0 aliphatic carbocycles. The van der Waals surface area contributed by atoms with Gasteiger partial charge in [0.05, 0.1) is 12.0 Å².